The molecule has 0 amide bonds. The second-order valence-electron chi connectivity index (χ2n) is 4.11. The minimum absolute atomic E-state index is 0.00990. The van der Waals surface area contributed by atoms with Crippen LogP contribution in [0.5, 0.6) is 0 Å². The molecule has 0 radical (unpaired) electrons. The molecule has 0 atom stereocenters. The van der Waals surface area contributed by atoms with Crippen molar-refractivity contribution >= 4 is 21.7 Å². The maximum Gasteiger partial charge on any atom is 0.351 e. The first-order valence-corrected chi connectivity index (χ1v) is 7.73. The van der Waals surface area contributed by atoms with Gasteiger partial charge >= 0.3 is 5.69 Å². The van der Waals surface area contributed by atoms with E-state index in [1.165, 1.54) is 11.6 Å². The molecule has 7 nitrogen and oxygen atoms in total. The number of hydrogen-bond acceptors (Lipinski definition) is 5. The zero-order valence-corrected chi connectivity index (χ0v) is 12.3. The third-order valence-corrected chi connectivity index (χ3v) is 3.34. The van der Waals surface area contributed by atoms with Crippen LogP contribution in [0.15, 0.2) is 29.1 Å². The summed E-state index contributed by atoms with van der Waals surface area (Å²) in [5.74, 6) is 0. The lowest BCUT2D eigenvalue weighted by Crippen LogP contribution is -2.22. The van der Waals surface area contributed by atoms with E-state index in [9.17, 15) is 13.2 Å². The van der Waals surface area contributed by atoms with E-state index in [1.54, 1.807) is 24.3 Å². The second kappa shape index (κ2) is 5.39. The molecule has 0 spiro atoms. The average molecular weight is 318 g/mol. The van der Waals surface area contributed by atoms with E-state index in [-0.39, 0.29) is 11.9 Å². The molecule has 0 saturated heterocycles. The van der Waals surface area contributed by atoms with Gasteiger partial charge in [-0.1, -0.05) is 18.2 Å². The Morgan fingerprint density at radius 1 is 1.35 bits per heavy atom. The molecule has 0 bridgehead atoms. The summed E-state index contributed by atoms with van der Waals surface area (Å²) in [7, 11) is -2.10. The normalized spacial score (nSPS) is 11.8. The van der Waals surface area contributed by atoms with E-state index < -0.39 is 15.8 Å². The van der Waals surface area contributed by atoms with E-state index in [2.05, 4.69) is 5.10 Å². The molecule has 0 saturated carbocycles. The van der Waals surface area contributed by atoms with Gasteiger partial charge in [0.15, 0.2) is 0 Å². The topological polar surface area (TPSA) is 83.2 Å². The molecule has 0 aliphatic carbocycles. The zero-order chi connectivity index (χ0) is 14.9. The highest BCUT2D eigenvalue weighted by atomic mass is 35.5. The summed E-state index contributed by atoms with van der Waals surface area (Å²) >= 11 is 5.92. The third kappa shape index (κ3) is 3.09. The molecule has 9 heteroatoms. The van der Waals surface area contributed by atoms with Gasteiger partial charge in [-0.2, -0.15) is 8.42 Å². The monoisotopic (exact) mass is 317 g/mol. The Morgan fingerprint density at radius 3 is 2.55 bits per heavy atom. The molecule has 0 aliphatic rings. The Kier molecular flexibility index (Phi) is 3.98. The number of halogens is 1. The van der Waals surface area contributed by atoms with E-state index in [1.807, 2.05) is 0 Å². The van der Waals surface area contributed by atoms with Gasteiger partial charge in [0.2, 0.25) is 5.28 Å². The van der Waals surface area contributed by atoms with Gasteiger partial charge in [0, 0.05) is 12.6 Å². The summed E-state index contributed by atoms with van der Waals surface area (Å²) in [6.45, 7) is -0.188. The molecule has 2 aromatic rings. The first-order chi connectivity index (χ1) is 9.29. The van der Waals surface area contributed by atoms with Crippen molar-refractivity contribution in [2.75, 3.05) is 6.26 Å². The Balaban J connectivity index is 2.50. The van der Waals surface area contributed by atoms with Crippen LogP contribution < -0.4 is 5.69 Å². The summed E-state index contributed by atoms with van der Waals surface area (Å²) in [6, 6.07) is 6.70. The van der Waals surface area contributed by atoms with Crippen molar-refractivity contribution in [2.24, 2.45) is 7.05 Å². The Hall–Kier alpha value is -1.64. The summed E-state index contributed by atoms with van der Waals surface area (Å²) in [5.41, 5.74) is 0.510. The summed E-state index contributed by atoms with van der Waals surface area (Å²) in [6.07, 6.45) is 0.957. The molecular formula is C11H12ClN3O4S. The lowest BCUT2D eigenvalue weighted by molar-refractivity contribution is 0.311. The highest BCUT2D eigenvalue weighted by Gasteiger charge is 2.15. The van der Waals surface area contributed by atoms with Crippen LogP contribution in [0, 0.1) is 0 Å². The van der Waals surface area contributed by atoms with Gasteiger partial charge in [0.25, 0.3) is 10.1 Å². The summed E-state index contributed by atoms with van der Waals surface area (Å²) in [4.78, 5) is 12.0. The largest absolute Gasteiger partial charge is 0.351 e. The quantitative estimate of drug-likeness (QED) is 0.775. The fourth-order valence-electron chi connectivity index (χ4n) is 1.66. The van der Waals surface area contributed by atoms with Gasteiger partial charge in [-0.05, 0) is 17.7 Å². The van der Waals surface area contributed by atoms with Crippen molar-refractivity contribution in [3.05, 3.63) is 45.6 Å². The van der Waals surface area contributed by atoms with Crippen LogP contribution in [-0.4, -0.2) is 29.0 Å². The van der Waals surface area contributed by atoms with Crippen LogP contribution in [0.3, 0.4) is 0 Å². The lowest BCUT2D eigenvalue weighted by Gasteiger charge is -2.09. The standard InChI is InChI=1S/C11H12ClN3O4S/c1-14-11(16)15(10(12)13-14)9-6-4-3-5-8(9)7-19-20(2,17)18/h3-6H,7H2,1-2H3. The SMILES string of the molecule is Cn1nc(Cl)n(-c2ccccc2COS(C)(=O)=O)c1=O. The van der Waals surface area contributed by atoms with Crippen LogP contribution in [0.4, 0.5) is 0 Å². The Labute approximate surface area is 120 Å². The van der Waals surface area contributed by atoms with Gasteiger partial charge in [-0.15, -0.1) is 5.10 Å². The fraction of sp³-hybridized carbons (Fsp3) is 0.273. The Bertz CT molecular complexity index is 794. The minimum atomic E-state index is -3.58. The van der Waals surface area contributed by atoms with Crippen LogP contribution in [0.2, 0.25) is 5.28 Å². The number of hydrogen-bond donors (Lipinski definition) is 0. The first-order valence-electron chi connectivity index (χ1n) is 5.54. The summed E-state index contributed by atoms with van der Waals surface area (Å²) < 4.78 is 29.1. The van der Waals surface area contributed by atoms with Crippen molar-refractivity contribution in [1.82, 2.24) is 14.3 Å². The van der Waals surface area contributed by atoms with Crippen molar-refractivity contribution in [2.45, 2.75) is 6.61 Å². The van der Waals surface area contributed by atoms with Crippen LogP contribution >= 0.6 is 11.6 Å². The smallest absolute Gasteiger partial charge is 0.265 e. The van der Waals surface area contributed by atoms with E-state index >= 15 is 0 Å². The number of aryl methyl sites for hydroxylation is 1. The fourth-order valence-corrected chi connectivity index (χ4v) is 2.28. The molecule has 1 aromatic carbocycles. The van der Waals surface area contributed by atoms with Crippen molar-refractivity contribution in [3.8, 4) is 5.69 Å². The maximum absolute atomic E-state index is 12.0. The molecule has 20 heavy (non-hydrogen) atoms. The molecule has 0 N–H and O–H groups in total. The number of rotatable bonds is 4. The highest BCUT2D eigenvalue weighted by molar-refractivity contribution is 7.85. The van der Waals surface area contributed by atoms with Crippen molar-refractivity contribution in [3.63, 3.8) is 0 Å². The van der Waals surface area contributed by atoms with E-state index in [0.717, 1.165) is 10.9 Å². The number of para-hydroxylation sites is 1. The van der Waals surface area contributed by atoms with Crippen LogP contribution in [0.25, 0.3) is 5.69 Å². The predicted octanol–water partition coefficient (Wildman–Crippen LogP) is 0.701. The van der Waals surface area contributed by atoms with Gasteiger partial charge in [-0.25, -0.2) is 14.0 Å². The average Bonchev–Trinajstić information content (AvgIpc) is 2.60. The van der Waals surface area contributed by atoms with Gasteiger partial charge in [-0.3, -0.25) is 4.18 Å². The molecule has 0 unspecified atom stereocenters. The van der Waals surface area contributed by atoms with Crippen LogP contribution in [-0.2, 0) is 28.0 Å². The first kappa shape index (κ1) is 14.8. The van der Waals surface area contributed by atoms with Crippen molar-refractivity contribution in [1.29, 1.82) is 0 Å². The van der Waals surface area contributed by atoms with Gasteiger partial charge in [0.05, 0.1) is 18.6 Å². The minimum Gasteiger partial charge on any atom is -0.265 e. The molecule has 1 heterocycles. The predicted molar refractivity (Wildman–Crippen MR) is 73.4 cm³/mol. The number of nitrogens with zero attached hydrogens (tertiary/aromatic N) is 3. The molecule has 0 aliphatic heterocycles. The van der Waals surface area contributed by atoms with Crippen LogP contribution in [0.1, 0.15) is 5.56 Å². The lowest BCUT2D eigenvalue weighted by atomic mass is 10.2. The molecule has 2 rings (SSSR count). The third-order valence-electron chi connectivity index (χ3n) is 2.55. The van der Waals surface area contributed by atoms with Gasteiger partial charge < -0.3 is 0 Å². The molecule has 1 aromatic heterocycles. The number of aromatic nitrogens is 3. The number of benzene rings is 1. The second-order valence-corrected chi connectivity index (χ2v) is 6.09. The van der Waals surface area contributed by atoms with Crippen molar-refractivity contribution < 1.29 is 12.6 Å². The highest BCUT2D eigenvalue weighted by Crippen LogP contribution is 2.18. The summed E-state index contributed by atoms with van der Waals surface area (Å²) in [5, 5.41) is 3.80. The molecular weight excluding hydrogens is 306 g/mol. The van der Waals surface area contributed by atoms with E-state index in [0.29, 0.717) is 11.3 Å². The Morgan fingerprint density at radius 2 is 2.00 bits per heavy atom. The molecule has 108 valence electrons. The van der Waals surface area contributed by atoms with E-state index in [4.69, 9.17) is 15.8 Å². The van der Waals surface area contributed by atoms with Gasteiger partial charge in [0.1, 0.15) is 0 Å². The maximum atomic E-state index is 12.0. The molecule has 0 fully saturated rings. The zero-order valence-electron chi connectivity index (χ0n) is 10.8.